The molecular formula is C15H10ClNO2. The number of benzene rings is 2. The number of halogens is 1. The molecular weight excluding hydrogens is 262 g/mol. The van der Waals surface area contributed by atoms with E-state index in [9.17, 15) is 10.0 Å². The fourth-order valence-electron chi connectivity index (χ4n) is 2.23. The second kappa shape index (κ2) is 4.21. The minimum absolute atomic E-state index is 0.0891. The Hall–Kier alpha value is -2.13. The van der Waals surface area contributed by atoms with Crippen LogP contribution < -0.4 is 0 Å². The zero-order valence-corrected chi connectivity index (χ0v) is 10.9. The van der Waals surface area contributed by atoms with E-state index in [2.05, 4.69) is 0 Å². The molecule has 0 spiro atoms. The van der Waals surface area contributed by atoms with E-state index in [1.807, 2.05) is 13.0 Å². The monoisotopic (exact) mass is 271 g/mol. The first-order chi connectivity index (χ1) is 9.09. The molecule has 0 fully saturated rings. The second-order valence-electron chi connectivity index (χ2n) is 4.47. The van der Waals surface area contributed by atoms with Crippen molar-refractivity contribution in [3.05, 3.63) is 69.4 Å². The van der Waals surface area contributed by atoms with E-state index in [-0.39, 0.29) is 11.5 Å². The van der Waals surface area contributed by atoms with Crippen molar-refractivity contribution in [1.29, 1.82) is 0 Å². The van der Waals surface area contributed by atoms with Crippen LogP contribution in [0.4, 0.5) is 5.69 Å². The second-order valence-corrected chi connectivity index (χ2v) is 4.88. The molecule has 0 saturated heterocycles. The zero-order valence-electron chi connectivity index (χ0n) is 10.2. The SMILES string of the molecule is Cc1ccc2c(c1)[N+]([O-])=C(c1ccccc1Cl)C2=O. The van der Waals surface area contributed by atoms with Crippen LogP contribution in [0.3, 0.4) is 0 Å². The van der Waals surface area contributed by atoms with Crippen molar-refractivity contribution < 1.29 is 9.53 Å². The molecule has 4 heteroatoms. The lowest BCUT2D eigenvalue weighted by molar-refractivity contribution is -0.355. The third kappa shape index (κ3) is 1.74. The van der Waals surface area contributed by atoms with Gasteiger partial charge in [-0.3, -0.25) is 4.79 Å². The summed E-state index contributed by atoms with van der Waals surface area (Å²) in [6.45, 7) is 1.88. The molecule has 94 valence electrons. The largest absolute Gasteiger partial charge is 0.618 e. The van der Waals surface area contributed by atoms with Gasteiger partial charge in [-0.05, 0) is 30.7 Å². The van der Waals surface area contributed by atoms with Crippen molar-refractivity contribution in [2.75, 3.05) is 0 Å². The first-order valence-electron chi connectivity index (χ1n) is 5.84. The molecule has 3 rings (SSSR count). The molecule has 0 saturated carbocycles. The van der Waals surface area contributed by atoms with Gasteiger partial charge >= 0.3 is 0 Å². The van der Waals surface area contributed by atoms with Crippen LogP contribution in [-0.4, -0.2) is 16.2 Å². The molecule has 1 aliphatic heterocycles. The van der Waals surface area contributed by atoms with Crippen LogP contribution in [0.2, 0.25) is 5.02 Å². The maximum Gasteiger partial charge on any atom is 0.274 e. The number of Topliss-reactive ketones (excluding diaryl/α,β-unsaturated/α-hetero) is 1. The molecule has 0 radical (unpaired) electrons. The zero-order chi connectivity index (χ0) is 13.6. The number of aryl methyl sites for hydroxylation is 1. The molecule has 2 aromatic rings. The highest BCUT2D eigenvalue weighted by Gasteiger charge is 2.37. The fraction of sp³-hybridized carbons (Fsp3) is 0.0667. The van der Waals surface area contributed by atoms with Crippen LogP contribution in [0, 0.1) is 12.1 Å². The molecule has 19 heavy (non-hydrogen) atoms. The van der Waals surface area contributed by atoms with Crippen molar-refractivity contribution in [2.24, 2.45) is 0 Å². The molecule has 1 heterocycles. The fourth-order valence-corrected chi connectivity index (χ4v) is 2.45. The van der Waals surface area contributed by atoms with E-state index in [4.69, 9.17) is 11.6 Å². The Morgan fingerprint density at radius 1 is 1.11 bits per heavy atom. The summed E-state index contributed by atoms with van der Waals surface area (Å²) in [4.78, 5) is 12.3. The third-order valence-electron chi connectivity index (χ3n) is 3.16. The van der Waals surface area contributed by atoms with Gasteiger partial charge in [-0.2, -0.15) is 4.74 Å². The normalized spacial score (nSPS) is 13.9. The Balaban J connectivity index is 2.25. The van der Waals surface area contributed by atoms with Crippen LogP contribution in [0.5, 0.6) is 0 Å². The maximum atomic E-state index is 12.3. The van der Waals surface area contributed by atoms with E-state index < -0.39 is 0 Å². The summed E-state index contributed by atoms with van der Waals surface area (Å²) in [5.41, 5.74) is 2.31. The molecule has 0 N–H and O–H groups in total. The highest BCUT2D eigenvalue weighted by Crippen LogP contribution is 2.30. The van der Waals surface area contributed by atoms with Crippen molar-refractivity contribution in [2.45, 2.75) is 6.92 Å². The number of carbonyl (C=O) groups is 1. The van der Waals surface area contributed by atoms with Gasteiger partial charge in [0.25, 0.3) is 11.5 Å². The first kappa shape index (κ1) is 11.9. The lowest BCUT2D eigenvalue weighted by Gasteiger charge is -2.03. The Bertz CT molecular complexity index is 735. The molecule has 0 aliphatic carbocycles. The predicted octanol–water partition coefficient (Wildman–Crippen LogP) is 3.48. The van der Waals surface area contributed by atoms with E-state index >= 15 is 0 Å². The molecule has 0 atom stereocenters. The van der Waals surface area contributed by atoms with Crippen molar-refractivity contribution >= 4 is 28.8 Å². The van der Waals surface area contributed by atoms with Gasteiger partial charge in [0.2, 0.25) is 5.69 Å². The van der Waals surface area contributed by atoms with Crippen molar-refractivity contribution in [1.82, 2.24) is 0 Å². The average molecular weight is 272 g/mol. The summed E-state index contributed by atoms with van der Waals surface area (Å²) in [5.74, 6) is -0.280. The van der Waals surface area contributed by atoms with Gasteiger partial charge in [-0.15, -0.1) is 0 Å². The van der Waals surface area contributed by atoms with Crippen LogP contribution in [0.15, 0.2) is 42.5 Å². The summed E-state index contributed by atoms with van der Waals surface area (Å²) in [7, 11) is 0. The molecule has 0 unspecified atom stereocenters. The highest BCUT2D eigenvalue weighted by atomic mass is 35.5. The molecule has 0 bridgehead atoms. The van der Waals surface area contributed by atoms with Crippen LogP contribution in [0.1, 0.15) is 21.5 Å². The Morgan fingerprint density at radius 3 is 2.58 bits per heavy atom. The summed E-state index contributed by atoms with van der Waals surface area (Å²) in [6, 6.07) is 12.1. The van der Waals surface area contributed by atoms with Gasteiger partial charge < -0.3 is 5.21 Å². The topological polar surface area (TPSA) is 43.1 Å². The Labute approximate surface area is 115 Å². The number of hydrogen-bond donors (Lipinski definition) is 0. The maximum absolute atomic E-state index is 12.3. The number of fused-ring (bicyclic) bond motifs is 1. The average Bonchev–Trinajstić information content (AvgIpc) is 2.63. The quantitative estimate of drug-likeness (QED) is 0.589. The van der Waals surface area contributed by atoms with Crippen molar-refractivity contribution in [3.63, 3.8) is 0 Å². The van der Waals surface area contributed by atoms with Gasteiger partial charge in [-0.25, -0.2) is 0 Å². The summed E-state index contributed by atoms with van der Waals surface area (Å²) in [6.07, 6.45) is 0. The minimum atomic E-state index is -0.280. The van der Waals surface area contributed by atoms with E-state index in [0.717, 1.165) is 5.56 Å². The van der Waals surface area contributed by atoms with Gasteiger partial charge in [-0.1, -0.05) is 29.8 Å². The van der Waals surface area contributed by atoms with Crippen LogP contribution in [-0.2, 0) is 0 Å². The highest BCUT2D eigenvalue weighted by molar-refractivity contribution is 6.54. The molecule has 2 aromatic carbocycles. The summed E-state index contributed by atoms with van der Waals surface area (Å²) >= 11 is 6.07. The van der Waals surface area contributed by atoms with Gasteiger partial charge in [0.15, 0.2) is 0 Å². The summed E-state index contributed by atoms with van der Waals surface area (Å²) < 4.78 is 0.672. The number of hydrogen-bond acceptors (Lipinski definition) is 2. The lowest BCUT2D eigenvalue weighted by Crippen LogP contribution is -2.16. The molecule has 0 amide bonds. The van der Waals surface area contributed by atoms with E-state index in [1.165, 1.54) is 0 Å². The molecule has 3 nitrogen and oxygen atoms in total. The predicted molar refractivity (Wildman–Crippen MR) is 74.4 cm³/mol. The molecule has 1 aliphatic rings. The smallest absolute Gasteiger partial charge is 0.274 e. The van der Waals surface area contributed by atoms with Crippen LogP contribution >= 0.6 is 11.6 Å². The molecule has 0 aromatic heterocycles. The number of carbonyl (C=O) groups excluding carboxylic acids is 1. The van der Waals surface area contributed by atoms with E-state index in [1.54, 1.807) is 36.4 Å². The van der Waals surface area contributed by atoms with Gasteiger partial charge in [0.05, 0.1) is 10.6 Å². The number of ketones is 1. The first-order valence-corrected chi connectivity index (χ1v) is 6.22. The van der Waals surface area contributed by atoms with Gasteiger partial charge in [0, 0.05) is 6.07 Å². The van der Waals surface area contributed by atoms with Crippen molar-refractivity contribution in [3.8, 4) is 0 Å². The Kier molecular flexibility index (Phi) is 2.64. The lowest BCUT2D eigenvalue weighted by atomic mass is 10.0. The summed E-state index contributed by atoms with van der Waals surface area (Å²) in [5, 5.41) is 12.7. The van der Waals surface area contributed by atoms with E-state index in [0.29, 0.717) is 26.6 Å². The third-order valence-corrected chi connectivity index (χ3v) is 3.49. The minimum Gasteiger partial charge on any atom is -0.618 e. The standard InChI is InChI=1S/C15H10ClNO2/c1-9-6-7-11-13(8-9)17(19)14(15(11)18)10-4-2-3-5-12(10)16/h2-8H,1H3. The van der Waals surface area contributed by atoms with Crippen LogP contribution in [0.25, 0.3) is 0 Å². The Morgan fingerprint density at radius 2 is 1.84 bits per heavy atom. The number of nitrogens with zero attached hydrogens (tertiary/aromatic N) is 1. The van der Waals surface area contributed by atoms with Gasteiger partial charge in [0.1, 0.15) is 5.56 Å². The number of rotatable bonds is 1.